The fourth-order valence-electron chi connectivity index (χ4n) is 1.88. The Bertz CT molecular complexity index is 412. The van der Waals surface area contributed by atoms with Crippen LogP contribution in [0.1, 0.15) is 26.7 Å². The van der Waals surface area contributed by atoms with Crippen LogP contribution in [0, 0.1) is 5.41 Å². The molecule has 0 saturated heterocycles. The average molecular weight is 395 g/mol. The van der Waals surface area contributed by atoms with E-state index in [1.54, 1.807) is 7.11 Å². The first-order valence-corrected chi connectivity index (χ1v) is 7.98. The van der Waals surface area contributed by atoms with Gasteiger partial charge in [-0.25, -0.2) is 0 Å². The zero-order chi connectivity index (χ0) is 14.5. The number of benzene rings is 1. The standard InChI is InChI=1S/C14H21Br2NO2/c1-4-14(5-2,9-18)8-17-12-7-13(19-3)11(16)6-10(12)15/h6-7,17-18H,4-5,8-9H2,1-3H3. The first kappa shape index (κ1) is 16.8. The summed E-state index contributed by atoms with van der Waals surface area (Å²) < 4.78 is 7.18. The van der Waals surface area contributed by atoms with Crippen LogP contribution in [0.15, 0.2) is 21.1 Å². The molecule has 1 aromatic carbocycles. The number of hydrogen-bond donors (Lipinski definition) is 2. The van der Waals surface area contributed by atoms with Gasteiger partial charge in [-0.2, -0.15) is 0 Å². The predicted octanol–water partition coefficient (Wildman–Crippen LogP) is 4.43. The van der Waals surface area contributed by atoms with E-state index in [1.165, 1.54) is 0 Å². The summed E-state index contributed by atoms with van der Waals surface area (Å²) in [6, 6.07) is 3.90. The minimum Gasteiger partial charge on any atom is -0.495 e. The molecule has 0 spiro atoms. The van der Waals surface area contributed by atoms with Crippen molar-refractivity contribution in [3.05, 3.63) is 21.1 Å². The molecular formula is C14H21Br2NO2. The summed E-state index contributed by atoms with van der Waals surface area (Å²) in [6.07, 6.45) is 1.89. The highest BCUT2D eigenvalue weighted by atomic mass is 79.9. The molecule has 0 aromatic heterocycles. The van der Waals surface area contributed by atoms with Crippen LogP contribution in [-0.4, -0.2) is 25.4 Å². The molecule has 0 aliphatic heterocycles. The monoisotopic (exact) mass is 393 g/mol. The molecule has 0 unspecified atom stereocenters. The SMILES string of the molecule is CCC(CC)(CO)CNc1cc(OC)c(Br)cc1Br. The summed E-state index contributed by atoms with van der Waals surface area (Å²) in [7, 11) is 1.65. The number of methoxy groups -OCH3 is 1. The molecule has 19 heavy (non-hydrogen) atoms. The predicted molar refractivity (Wildman–Crippen MR) is 87.0 cm³/mol. The van der Waals surface area contributed by atoms with E-state index in [2.05, 4.69) is 51.0 Å². The minimum atomic E-state index is -0.0697. The van der Waals surface area contributed by atoms with Gasteiger partial charge in [0, 0.05) is 22.5 Å². The fraction of sp³-hybridized carbons (Fsp3) is 0.571. The Balaban J connectivity index is 2.88. The van der Waals surface area contributed by atoms with Gasteiger partial charge in [-0.1, -0.05) is 13.8 Å². The van der Waals surface area contributed by atoms with Crippen LogP contribution in [0.5, 0.6) is 5.75 Å². The van der Waals surface area contributed by atoms with Crippen molar-refractivity contribution in [1.29, 1.82) is 0 Å². The van der Waals surface area contributed by atoms with Gasteiger partial charge >= 0.3 is 0 Å². The van der Waals surface area contributed by atoms with Gasteiger partial charge < -0.3 is 15.2 Å². The molecular weight excluding hydrogens is 374 g/mol. The van der Waals surface area contributed by atoms with E-state index in [0.29, 0.717) is 0 Å². The lowest BCUT2D eigenvalue weighted by Crippen LogP contribution is -2.32. The molecule has 5 heteroatoms. The third-order valence-corrected chi connectivity index (χ3v) is 5.01. The van der Waals surface area contributed by atoms with E-state index in [4.69, 9.17) is 4.74 Å². The van der Waals surface area contributed by atoms with E-state index in [1.807, 2.05) is 12.1 Å². The van der Waals surface area contributed by atoms with Gasteiger partial charge in [0.1, 0.15) is 5.75 Å². The molecule has 0 aliphatic carbocycles. The number of ether oxygens (including phenoxy) is 1. The fourth-order valence-corrected chi connectivity index (χ4v) is 3.18. The van der Waals surface area contributed by atoms with Gasteiger partial charge in [0.25, 0.3) is 0 Å². The summed E-state index contributed by atoms with van der Waals surface area (Å²) in [6.45, 7) is 5.15. The second kappa shape index (κ2) is 7.50. The Hall–Kier alpha value is -0.260. The summed E-state index contributed by atoms with van der Waals surface area (Å²) in [5, 5.41) is 13.0. The molecule has 2 N–H and O–H groups in total. The summed E-state index contributed by atoms with van der Waals surface area (Å²) in [5.41, 5.74) is 0.902. The molecule has 0 heterocycles. The number of nitrogens with one attached hydrogen (secondary N) is 1. The zero-order valence-corrected chi connectivity index (χ0v) is 14.8. The van der Waals surface area contributed by atoms with Gasteiger partial charge in [0.2, 0.25) is 0 Å². The van der Waals surface area contributed by atoms with Crippen molar-refractivity contribution >= 4 is 37.5 Å². The third kappa shape index (κ3) is 4.10. The second-order valence-electron chi connectivity index (χ2n) is 4.69. The molecule has 1 aromatic rings. The zero-order valence-electron chi connectivity index (χ0n) is 11.6. The molecule has 0 bridgehead atoms. The summed E-state index contributed by atoms with van der Waals surface area (Å²) in [4.78, 5) is 0. The highest BCUT2D eigenvalue weighted by Gasteiger charge is 2.25. The van der Waals surface area contributed by atoms with Crippen molar-refractivity contribution in [2.24, 2.45) is 5.41 Å². The number of halogens is 2. The quantitative estimate of drug-likeness (QED) is 0.718. The Morgan fingerprint density at radius 2 is 1.84 bits per heavy atom. The number of anilines is 1. The Kier molecular flexibility index (Phi) is 6.63. The molecule has 1 rings (SSSR count). The third-order valence-electron chi connectivity index (χ3n) is 3.73. The number of hydrogen-bond acceptors (Lipinski definition) is 3. The molecule has 0 atom stereocenters. The van der Waals surface area contributed by atoms with Crippen molar-refractivity contribution in [2.45, 2.75) is 26.7 Å². The molecule has 0 aliphatic rings. The van der Waals surface area contributed by atoms with E-state index in [9.17, 15) is 5.11 Å². The van der Waals surface area contributed by atoms with Crippen molar-refractivity contribution in [3.8, 4) is 5.75 Å². The topological polar surface area (TPSA) is 41.5 Å². The smallest absolute Gasteiger partial charge is 0.135 e. The Labute approximate surface area is 132 Å². The van der Waals surface area contributed by atoms with E-state index in [-0.39, 0.29) is 12.0 Å². The maximum atomic E-state index is 9.58. The van der Waals surface area contributed by atoms with Crippen molar-refractivity contribution < 1.29 is 9.84 Å². The average Bonchev–Trinajstić information content (AvgIpc) is 2.43. The van der Waals surface area contributed by atoms with Crippen LogP contribution in [-0.2, 0) is 0 Å². The van der Waals surface area contributed by atoms with Gasteiger partial charge in [0.05, 0.1) is 23.9 Å². The minimum absolute atomic E-state index is 0.0697. The van der Waals surface area contributed by atoms with Crippen LogP contribution in [0.2, 0.25) is 0 Å². The van der Waals surface area contributed by atoms with Crippen LogP contribution < -0.4 is 10.1 Å². The first-order chi connectivity index (χ1) is 9.01. The molecule has 3 nitrogen and oxygen atoms in total. The lowest BCUT2D eigenvalue weighted by molar-refractivity contribution is 0.127. The largest absolute Gasteiger partial charge is 0.495 e. The highest BCUT2D eigenvalue weighted by Crippen LogP contribution is 2.35. The van der Waals surface area contributed by atoms with Crippen molar-refractivity contribution in [1.82, 2.24) is 0 Å². The van der Waals surface area contributed by atoms with Gasteiger partial charge in [-0.15, -0.1) is 0 Å². The molecule has 0 fully saturated rings. The number of rotatable bonds is 7. The number of aliphatic hydroxyl groups excluding tert-OH is 1. The van der Waals surface area contributed by atoms with Gasteiger partial charge in [0.15, 0.2) is 0 Å². The highest BCUT2D eigenvalue weighted by molar-refractivity contribution is 9.11. The Morgan fingerprint density at radius 1 is 1.21 bits per heavy atom. The van der Waals surface area contributed by atoms with Crippen LogP contribution >= 0.6 is 31.9 Å². The first-order valence-electron chi connectivity index (χ1n) is 6.39. The van der Waals surface area contributed by atoms with Gasteiger partial charge in [-0.05, 0) is 50.8 Å². The van der Waals surface area contributed by atoms with Crippen LogP contribution in [0.4, 0.5) is 5.69 Å². The van der Waals surface area contributed by atoms with Crippen LogP contribution in [0.25, 0.3) is 0 Å². The molecule has 0 amide bonds. The van der Waals surface area contributed by atoms with Crippen LogP contribution in [0.3, 0.4) is 0 Å². The second-order valence-corrected chi connectivity index (χ2v) is 6.39. The lowest BCUT2D eigenvalue weighted by Gasteiger charge is -2.30. The summed E-state index contributed by atoms with van der Waals surface area (Å²) in [5.74, 6) is 0.785. The summed E-state index contributed by atoms with van der Waals surface area (Å²) >= 11 is 6.98. The van der Waals surface area contributed by atoms with Gasteiger partial charge in [-0.3, -0.25) is 0 Å². The van der Waals surface area contributed by atoms with E-state index >= 15 is 0 Å². The van der Waals surface area contributed by atoms with Crippen molar-refractivity contribution in [2.75, 3.05) is 25.6 Å². The lowest BCUT2D eigenvalue weighted by atomic mass is 9.83. The maximum absolute atomic E-state index is 9.58. The van der Waals surface area contributed by atoms with E-state index < -0.39 is 0 Å². The molecule has 0 saturated carbocycles. The molecule has 0 radical (unpaired) electrons. The molecule has 108 valence electrons. The maximum Gasteiger partial charge on any atom is 0.135 e. The van der Waals surface area contributed by atoms with E-state index in [0.717, 1.165) is 39.8 Å². The van der Waals surface area contributed by atoms with Crippen molar-refractivity contribution in [3.63, 3.8) is 0 Å². The number of aliphatic hydroxyl groups is 1. The Morgan fingerprint density at radius 3 is 2.32 bits per heavy atom. The normalized spacial score (nSPS) is 11.5.